The Kier molecular flexibility index (Phi) is 6.57. The van der Waals surface area contributed by atoms with Gasteiger partial charge in [-0.1, -0.05) is 6.92 Å². The van der Waals surface area contributed by atoms with E-state index in [1.54, 1.807) is 0 Å². The van der Waals surface area contributed by atoms with E-state index in [-0.39, 0.29) is 0 Å². The summed E-state index contributed by atoms with van der Waals surface area (Å²) in [6, 6.07) is 0.487. The average molecular weight is 220 g/mol. The van der Waals surface area contributed by atoms with Gasteiger partial charge in [0.05, 0.1) is 6.10 Å². The second-order valence-electron chi connectivity index (χ2n) is 3.99. The summed E-state index contributed by atoms with van der Waals surface area (Å²) in [5.41, 5.74) is 0. The van der Waals surface area contributed by atoms with Crippen LogP contribution in [0.3, 0.4) is 0 Å². The lowest BCUT2D eigenvalue weighted by Gasteiger charge is -2.14. The molecule has 1 aliphatic rings. The highest BCUT2D eigenvalue weighted by atomic mass is 35.5. The van der Waals surface area contributed by atoms with Crippen molar-refractivity contribution in [1.29, 1.82) is 0 Å². The van der Waals surface area contributed by atoms with Gasteiger partial charge in [0.1, 0.15) is 0 Å². The number of ether oxygens (including phenoxy) is 1. The third-order valence-corrected chi connectivity index (χ3v) is 3.21. The Morgan fingerprint density at radius 3 is 3.00 bits per heavy atom. The molecule has 0 aliphatic carbocycles. The van der Waals surface area contributed by atoms with Crippen LogP contribution < -0.4 is 5.32 Å². The monoisotopic (exact) mass is 219 g/mol. The molecule has 0 aromatic heterocycles. The average Bonchev–Trinajstić information content (AvgIpc) is 2.71. The van der Waals surface area contributed by atoms with E-state index in [4.69, 9.17) is 16.3 Å². The lowest BCUT2D eigenvalue weighted by Crippen LogP contribution is -2.31. The molecule has 1 fully saturated rings. The molecule has 2 nitrogen and oxygen atoms in total. The molecular weight excluding hydrogens is 198 g/mol. The molecule has 2 atom stereocenters. The lowest BCUT2D eigenvalue weighted by atomic mass is 10.1. The molecule has 0 saturated carbocycles. The van der Waals surface area contributed by atoms with Crippen LogP contribution in [0.15, 0.2) is 0 Å². The Morgan fingerprint density at radius 2 is 2.43 bits per heavy atom. The largest absolute Gasteiger partial charge is 0.378 e. The highest BCUT2D eigenvalue weighted by Crippen LogP contribution is 2.16. The number of hydrogen-bond acceptors (Lipinski definition) is 2. The minimum Gasteiger partial charge on any atom is -0.378 e. The van der Waals surface area contributed by atoms with E-state index in [2.05, 4.69) is 12.2 Å². The van der Waals surface area contributed by atoms with Gasteiger partial charge in [0.25, 0.3) is 0 Å². The van der Waals surface area contributed by atoms with Gasteiger partial charge in [-0.3, -0.25) is 0 Å². The van der Waals surface area contributed by atoms with Gasteiger partial charge < -0.3 is 10.1 Å². The molecule has 84 valence electrons. The molecule has 0 spiro atoms. The van der Waals surface area contributed by atoms with Gasteiger partial charge in [-0.2, -0.15) is 0 Å². The Bertz CT molecular complexity index is 129. The molecule has 0 aromatic rings. The fourth-order valence-corrected chi connectivity index (χ4v) is 2.14. The molecule has 0 bridgehead atoms. The van der Waals surface area contributed by atoms with E-state index in [1.165, 1.54) is 25.7 Å². The summed E-state index contributed by atoms with van der Waals surface area (Å²) < 4.78 is 5.56. The smallest absolute Gasteiger partial charge is 0.0576 e. The molecule has 0 radical (unpaired) electrons. The minimum atomic E-state index is 0.487. The maximum Gasteiger partial charge on any atom is 0.0576 e. The second-order valence-corrected chi connectivity index (χ2v) is 4.30. The predicted octanol–water partition coefficient (Wildman–Crippen LogP) is 2.55. The van der Waals surface area contributed by atoms with Gasteiger partial charge in [0.15, 0.2) is 0 Å². The summed E-state index contributed by atoms with van der Waals surface area (Å²) in [4.78, 5) is 0. The zero-order valence-corrected chi connectivity index (χ0v) is 9.85. The Balaban J connectivity index is 1.92. The summed E-state index contributed by atoms with van der Waals surface area (Å²) in [6.45, 7) is 4.21. The first-order valence-corrected chi connectivity index (χ1v) is 6.31. The van der Waals surface area contributed by atoms with Crippen LogP contribution >= 0.6 is 11.6 Å². The first-order chi connectivity index (χ1) is 6.86. The highest BCUT2D eigenvalue weighted by Gasteiger charge is 2.14. The van der Waals surface area contributed by atoms with Crippen molar-refractivity contribution in [2.45, 2.75) is 51.2 Å². The second kappa shape index (κ2) is 7.49. The Morgan fingerprint density at radius 1 is 1.57 bits per heavy atom. The van der Waals surface area contributed by atoms with Crippen LogP contribution in [0.5, 0.6) is 0 Å². The van der Waals surface area contributed by atoms with E-state index >= 15 is 0 Å². The van der Waals surface area contributed by atoms with Crippen molar-refractivity contribution < 1.29 is 4.74 Å². The molecule has 0 amide bonds. The van der Waals surface area contributed by atoms with Crippen molar-refractivity contribution in [2.24, 2.45) is 0 Å². The molecular formula is C11H22ClNO. The number of hydrogen-bond donors (Lipinski definition) is 1. The third-order valence-electron chi connectivity index (χ3n) is 2.84. The Labute approximate surface area is 92.3 Å². The van der Waals surface area contributed by atoms with Crippen LogP contribution in [0.4, 0.5) is 0 Å². The molecule has 0 aromatic carbocycles. The van der Waals surface area contributed by atoms with E-state index < -0.39 is 0 Å². The van der Waals surface area contributed by atoms with Crippen molar-refractivity contribution in [2.75, 3.05) is 19.0 Å². The summed E-state index contributed by atoms with van der Waals surface area (Å²) in [5, 5.41) is 3.46. The summed E-state index contributed by atoms with van der Waals surface area (Å²) in [5.74, 6) is 0.719. The maximum atomic E-state index is 5.79. The number of nitrogens with one attached hydrogen (secondary N) is 1. The lowest BCUT2D eigenvalue weighted by molar-refractivity contribution is 0.102. The molecule has 14 heavy (non-hydrogen) atoms. The van der Waals surface area contributed by atoms with Gasteiger partial charge in [0, 0.05) is 18.5 Å². The van der Waals surface area contributed by atoms with Gasteiger partial charge in [-0.25, -0.2) is 0 Å². The van der Waals surface area contributed by atoms with Crippen molar-refractivity contribution in [3.8, 4) is 0 Å². The van der Waals surface area contributed by atoms with Crippen molar-refractivity contribution in [3.05, 3.63) is 0 Å². The zero-order chi connectivity index (χ0) is 10.2. The third kappa shape index (κ3) is 4.63. The van der Waals surface area contributed by atoms with Crippen molar-refractivity contribution in [3.63, 3.8) is 0 Å². The molecule has 3 heteroatoms. The van der Waals surface area contributed by atoms with Crippen LogP contribution in [0.25, 0.3) is 0 Å². The highest BCUT2D eigenvalue weighted by molar-refractivity contribution is 6.18. The van der Waals surface area contributed by atoms with E-state index in [1.807, 2.05) is 0 Å². The van der Waals surface area contributed by atoms with Crippen LogP contribution in [0, 0.1) is 0 Å². The predicted molar refractivity (Wildman–Crippen MR) is 61.0 cm³/mol. The van der Waals surface area contributed by atoms with E-state index in [9.17, 15) is 0 Å². The fraction of sp³-hybridized carbons (Fsp3) is 1.00. The quantitative estimate of drug-likeness (QED) is 0.525. The van der Waals surface area contributed by atoms with Crippen LogP contribution in [-0.4, -0.2) is 31.2 Å². The molecule has 2 unspecified atom stereocenters. The molecule has 1 aliphatic heterocycles. The topological polar surface area (TPSA) is 21.3 Å². The van der Waals surface area contributed by atoms with Crippen LogP contribution in [-0.2, 0) is 4.74 Å². The molecule has 1 saturated heterocycles. The molecule has 1 rings (SSSR count). The van der Waals surface area contributed by atoms with Gasteiger partial charge in [-0.15, -0.1) is 11.6 Å². The fourth-order valence-electron chi connectivity index (χ4n) is 1.82. The van der Waals surface area contributed by atoms with Gasteiger partial charge in [0.2, 0.25) is 0 Å². The van der Waals surface area contributed by atoms with E-state index in [0.29, 0.717) is 12.1 Å². The SMILES string of the molecule is CCC(CCl)NCCCC1CCCO1. The first kappa shape index (κ1) is 12.3. The number of halogens is 1. The van der Waals surface area contributed by atoms with Crippen molar-refractivity contribution in [1.82, 2.24) is 5.32 Å². The summed E-state index contributed by atoms with van der Waals surface area (Å²) >= 11 is 5.79. The minimum absolute atomic E-state index is 0.487. The Hall–Kier alpha value is 0.210. The molecule has 1 N–H and O–H groups in total. The van der Waals surface area contributed by atoms with Gasteiger partial charge in [-0.05, 0) is 38.6 Å². The number of rotatable bonds is 7. The van der Waals surface area contributed by atoms with Crippen LogP contribution in [0.2, 0.25) is 0 Å². The summed E-state index contributed by atoms with van der Waals surface area (Å²) in [7, 11) is 0. The zero-order valence-electron chi connectivity index (χ0n) is 9.10. The summed E-state index contributed by atoms with van der Waals surface area (Å²) in [6.07, 6.45) is 6.56. The first-order valence-electron chi connectivity index (χ1n) is 5.77. The van der Waals surface area contributed by atoms with E-state index in [0.717, 1.165) is 25.5 Å². The molecule has 1 heterocycles. The number of alkyl halides is 1. The van der Waals surface area contributed by atoms with Crippen molar-refractivity contribution >= 4 is 11.6 Å². The van der Waals surface area contributed by atoms with Gasteiger partial charge >= 0.3 is 0 Å². The van der Waals surface area contributed by atoms with Crippen LogP contribution in [0.1, 0.15) is 39.0 Å². The maximum absolute atomic E-state index is 5.79. The normalized spacial score (nSPS) is 24.0. The standard InChI is InChI=1S/C11H22ClNO/c1-2-10(9-12)13-7-3-5-11-6-4-8-14-11/h10-11,13H,2-9H2,1H3.